The molecule has 0 heterocycles. The van der Waals surface area contributed by atoms with E-state index in [4.69, 9.17) is 0 Å². The van der Waals surface area contributed by atoms with E-state index >= 15 is 0 Å². The molecule has 4 rings (SSSR count). The highest BCUT2D eigenvalue weighted by atomic mass is 32.2. The molecule has 0 fully saturated rings. The normalized spacial score (nSPS) is 12.2. The number of carbonyl (C=O) groups is 1. The molecular formula is C30H30N2O3S2. The van der Waals surface area contributed by atoms with Gasteiger partial charge in [-0.05, 0) is 72.5 Å². The maximum Gasteiger partial charge on any atom is 0.261 e. The highest BCUT2D eigenvalue weighted by molar-refractivity contribution is 8.00. The topological polar surface area (TPSA) is 75.3 Å². The lowest BCUT2D eigenvalue weighted by molar-refractivity contribution is -0.115. The lowest BCUT2D eigenvalue weighted by atomic mass is 10.0. The summed E-state index contributed by atoms with van der Waals surface area (Å²) in [6.45, 7) is 6.18. The molecule has 0 aliphatic carbocycles. The van der Waals surface area contributed by atoms with Crippen LogP contribution >= 0.6 is 11.8 Å². The summed E-state index contributed by atoms with van der Waals surface area (Å²) in [6.07, 6.45) is 0. The molecule has 37 heavy (non-hydrogen) atoms. The lowest BCUT2D eigenvalue weighted by Crippen LogP contribution is -2.19. The number of aryl methyl sites for hydroxylation is 1. The SMILES string of the molecule is Cc1ccc(S(=O)(=O)Nc2ccc(SC(C(=O)Nc3ccc(C(C)C)cc3)c3ccccc3)cc2)cc1. The van der Waals surface area contributed by atoms with Crippen LogP contribution in [-0.2, 0) is 14.8 Å². The van der Waals surface area contributed by atoms with Gasteiger partial charge in [-0.25, -0.2) is 8.42 Å². The van der Waals surface area contributed by atoms with Gasteiger partial charge in [0.2, 0.25) is 5.91 Å². The highest BCUT2D eigenvalue weighted by Gasteiger charge is 2.22. The van der Waals surface area contributed by atoms with E-state index in [1.165, 1.54) is 17.3 Å². The molecule has 0 saturated carbocycles. The van der Waals surface area contributed by atoms with Crippen LogP contribution in [0.4, 0.5) is 11.4 Å². The van der Waals surface area contributed by atoms with E-state index in [-0.39, 0.29) is 10.8 Å². The first kappa shape index (κ1) is 26.5. The molecule has 190 valence electrons. The largest absolute Gasteiger partial charge is 0.325 e. The Labute approximate surface area is 223 Å². The molecule has 0 aliphatic heterocycles. The predicted molar refractivity (Wildman–Crippen MR) is 153 cm³/mol. The second-order valence-corrected chi connectivity index (χ2v) is 12.0. The number of benzene rings is 4. The van der Waals surface area contributed by atoms with Crippen LogP contribution in [0.15, 0.2) is 113 Å². The summed E-state index contributed by atoms with van der Waals surface area (Å²) in [7, 11) is -3.69. The van der Waals surface area contributed by atoms with Crippen molar-refractivity contribution in [2.45, 2.75) is 41.7 Å². The molecule has 2 N–H and O–H groups in total. The molecule has 0 spiro atoms. The van der Waals surface area contributed by atoms with Gasteiger partial charge < -0.3 is 5.32 Å². The van der Waals surface area contributed by atoms with Gasteiger partial charge in [0.05, 0.1) is 4.90 Å². The molecule has 0 saturated heterocycles. The van der Waals surface area contributed by atoms with Gasteiger partial charge in [0, 0.05) is 16.3 Å². The van der Waals surface area contributed by atoms with E-state index in [1.54, 1.807) is 36.4 Å². The van der Waals surface area contributed by atoms with E-state index < -0.39 is 15.3 Å². The quantitative estimate of drug-likeness (QED) is 0.221. The molecule has 5 nitrogen and oxygen atoms in total. The maximum absolute atomic E-state index is 13.3. The van der Waals surface area contributed by atoms with E-state index in [2.05, 4.69) is 23.9 Å². The number of amides is 1. The highest BCUT2D eigenvalue weighted by Crippen LogP contribution is 2.37. The summed E-state index contributed by atoms with van der Waals surface area (Å²) in [5, 5.41) is 2.55. The molecule has 7 heteroatoms. The average molecular weight is 531 g/mol. The van der Waals surface area contributed by atoms with Gasteiger partial charge in [-0.2, -0.15) is 0 Å². The Hall–Kier alpha value is -3.55. The number of sulfonamides is 1. The summed E-state index contributed by atoms with van der Waals surface area (Å²) in [6, 6.07) is 31.3. The first-order valence-electron chi connectivity index (χ1n) is 12.0. The third kappa shape index (κ3) is 7.02. The van der Waals surface area contributed by atoms with E-state index in [1.807, 2.05) is 73.7 Å². The van der Waals surface area contributed by atoms with Crippen LogP contribution < -0.4 is 10.0 Å². The van der Waals surface area contributed by atoms with Crippen LogP contribution in [0, 0.1) is 6.92 Å². The fourth-order valence-corrected chi connectivity index (χ4v) is 5.81. The molecule has 0 bridgehead atoms. The van der Waals surface area contributed by atoms with E-state index in [0.717, 1.165) is 21.7 Å². The minimum atomic E-state index is -3.69. The van der Waals surface area contributed by atoms with Gasteiger partial charge in [0.25, 0.3) is 10.0 Å². The van der Waals surface area contributed by atoms with Crippen LogP contribution in [0.5, 0.6) is 0 Å². The molecule has 1 atom stereocenters. The number of rotatable bonds is 9. The number of hydrogen-bond acceptors (Lipinski definition) is 4. The Balaban J connectivity index is 1.50. The van der Waals surface area contributed by atoms with Crippen LogP contribution in [0.1, 0.15) is 41.7 Å². The van der Waals surface area contributed by atoms with Crippen molar-refractivity contribution < 1.29 is 13.2 Å². The molecule has 1 amide bonds. The molecular weight excluding hydrogens is 500 g/mol. The summed E-state index contributed by atoms with van der Waals surface area (Å²) < 4.78 is 28.0. The van der Waals surface area contributed by atoms with Gasteiger partial charge in [-0.15, -0.1) is 11.8 Å². The van der Waals surface area contributed by atoms with E-state index in [9.17, 15) is 13.2 Å². The predicted octanol–water partition coefficient (Wildman–Crippen LogP) is 7.39. The fourth-order valence-electron chi connectivity index (χ4n) is 3.73. The lowest BCUT2D eigenvalue weighted by Gasteiger charge is -2.18. The Morgan fingerprint density at radius 1 is 0.730 bits per heavy atom. The second-order valence-electron chi connectivity index (χ2n) is 9.12. The minimum Gasteiger partial charge on any atom is -0.325 e. The van der Waals surface area contributed by atoms with Crippen molar-refractivity contribution in [2.24, 2.45) is 0 Å². The Kier molecular flexibility index (Phi) is 8.36. The van der Waals surface area contributed by atoms with E-state index in [0.29, 0.717) is 11.6 Å². The summed E-state index contributed by atoms with van der Waals surface area (Å²) >= 11 is 1.41. The summed E-state index contributed by atoms with van der Waals surface area (Å²) in [5.41, 5.74) is 4.29. The van der Waals surface area contributed by atoms with Crippen molar-refractivity contribution >= 4 is 39.1 Å². The van der Waals surface area contributed by atoms with Crippen molar-refractivity contribution in [3.8, 4) is 0 Å². The Morgan fingerprint density at radius 3 is 1.92 bits per heavy atom. The number of nitrogens with one attached hydrogen (secondary N) is 2. The maximum atomic E-state index is 13.3. The second kappa shape index (κ2) is 11.7. The third-order valence-corrected chi connectivity index (χ3v) is 8.54. The number of hydrogen-bond donors (Lipinski definition) is 2. The van der Waals surface area contributed by atoms with Crippen molar-refractivity contribution in [1.29, 1.82) is 0 Å². The van der Waals surface area contributed by atoms with Gasteiger partial charge in [-0.1, -0.05) is 74.0 Å². The zero-order valence-electron chi connectivity index (χ0n) is 21.0. The number of carbonyl (C=O) groups excluding carboxylic acids is 1. The van der Waals surface area contributed by atoms with Crippen LogP contribution in [0.25, 0.3) is 0 Å². The van der Waals surface area contributed by atoms with Crippen molar-refractivity contribution in [2.75, 3.05) is 10.0 Å². The molecule has 4 aromatic carbocycles. The van der Waals surface area contributed by atoms with Gasteiger partial charge >= 0.3 is 0 Å². The zero-order chi connectivity index (χ0) is 26.4. The fraction of sp³-hybridized carbons (Fsp3) is 0.167. The van der Waals surface area contributed by atoms with Gasteiger partial charge in [-0.3, -0.25) is 9.52 Å². The third-order valence-electron chi connectivity index (χ3n) is 5.88. The van der Waals surface area contributed by atoms with Crippen LogP contribution in [0.3, 0.4) is 0 Å². The van der Waals surface area contributed by atoms with Crippen LogP contribution in [0.2, 0.25) is 0 Å². The standard InChI is InChI=1S/C30H30N2O3S2/c1-21(2)23-11-13-25(14-12-23)31-30(33)29(24-7-5-4-6-8-24)36-27-17-15-26(16-18-27)32-37(34,35)28-19-9-22(3)10-20-28/h4-21,29,32H,1-3H3,(H,31,33). The first-order valence-corrected chi connectivity index (χ1v) is 14.4. The smallest absolute Gasteiger partial charge is 0.261 e. The molecule has 0 aromatic heterocycles. The molecule has 4 aromatic rings. The van der Waals surface area contributed by atoms with Crippen molar-refractivity contribution in [1.82, 2.24) is 0 Å². The average Bonchev–Trinajstić information content (AvgIpc) is 2.89. The zero-order valence-corrected chi connectivity index (χ0v) is 22.6. The monoisotopic (exact) mass is 530 g/mol. The summed E-state index contributed by atoms with van der Waals surface area (Å²) in [5.74, 6) is 0.291. The molecule has 0 radical (unpaired) electrons. The number of anilines is 2. The Morgan fingerprint density at radius 2 is 1.32 bits per heavy atom. The molecule has 0 aliphatic rings. The van der Waals surface area contributed by atoms with Gasteiger partial charge in [0.15, 0.2) is 0 Å². The summed E-state index contributed by atoms with van der Waals surface area (Å²) in [4.78, 5) is 14.4. The molecule has 1 unspecified atom stereocenters. The number of thioether (sulfide) groups is 1. The first-order chi connectivity index (χ1) is 17.7. The minimum absolute atomic E-state index is 0.127. The van der Waals surface area contributed by atoms with Crippen LogP contribution in [-0.4, -0.2) is 14.3 Å². The van der Waals surface area contributed by atoms with Crippen molar-refractivity contribution in [3.63, 3.8) is 0 Å². The Bertz CT molecular complexity index is 1430. The van der Waals surface area contributed by atoms with Crippen molar-refractivity contribution in [3.05, 3.63) is 120 Å². The van der Waals surface area contributed by atoms with Gasteiger partial charge in [0.1, 0.15) is 5.25 Å².